The third kappa shape index (κ3) is 44.1. The summed E-state index contributed by atoms with van der Waals surface area (Å²) < 4.78 is 104. The van der Waals surface area contributed by atoms with E-state index in [1.165, 1.54) is 18.1 Å². The highest BCUT2D eigenvalue weighted by atomic mass is 19.1. The molecule has 5 atom stereocenters. The molecule has 4 aromatic rings. The molecule has 5 unspecified atom stereocenters. The Hall–Kier alpha value is -6.47. The fourth-order valence-electron chi connectivity index (χ4n) is 10.2. The molecular formula is C95H169FO21. The second-order valence-electron chi connectivity index (χ2n) is 32.2. The van der Waals surface area contributed by atoms with Crippen LogP contribution in [0.25, 0.3) is 0 Å². The number of carbonyl (C=O) groups is 4. The summed E-state index contributed by atoms with van der Waals surface area (Å²) in [6, 6.07) is 16.6. The summed E-state index contributed by atoms with van der Waals surface area (Å²) in [7, 11) is 6.67. The van der Waals surface area contributed by atoms with Crippen molar-refractivity contribution in [3.63, 3.8) is 0 Å². The maximum atomic E-state index is 14.0. The first kappa shape index (κ1) is 121. The molecule has 0 saturated carbocycles. The first-order valence-electron chi connectivity index (χ1n) is 39.4. The quantitative estimate of drug-likeness (QED) is 0.0246. The Morgan fingerprint density at radius 2 is 0.761 bits per heavy atom. The summed E-state index contributed by atoms with van der Waals surface area (Å²) in [5.41, 5.74) is 8.24. The van der Waals surface area contributed by atoms with Crippen molar-refractivity contribution in [2.45, 2.75) is 330 Å². The van der Waals surface area contributed by atoms with Gasteiger partial charge in [-0.3, -0.25) is 14.4 Å². The molecule has 0 amide bonds. The first-order valence-corrected chi connectivity index (χ1v) is 39.4. The van der Waals surface area contributed by atoms with Gasteiger partial charge in [-0.15, -0.1) is 0 Å². The van der Waals surface area contributed by atoms with E-state index < -0.39 is 28.4 Å². The lowest BCUT2D eigenvalue weighted by Gasteiger charge is -2.27. The van der Waals surface area contributed by atoms with Crippen LogP contribution >= 0.6 is 0 Å². The van der Waals surface area contributed by atoms with Crippen LogP contribution in [0.2, 0.25) is 0 Å². The number of benzene rings is 4. The molecule has 0 saturated heterocycles. The minimum absolute atomic E-state index is 0. The fourth-order valence-corrected chi connectivity index (χ4v) is 10.2. The molecule has 0 aliphatic heterocycles. The molecule has 4 aromatic carbocycles. The van der Waals surface area contributed by atoms with Gasteiger partial charge in [0.15, 0.2) is 0 Å². The van der Waals surface area contributed by atoms with Crippen molar-refractivity contribution in [2.24, 2.45) is 16.7 Å². The fraction of sp³-hybridized carbons (Fsp3) is 0.705. The summed E-state index contributed by atoms with van der Waals surface area (Å²) in [6.07, 6.45) is 1.80. The van der Waals surface area contributed by atoms with Crippen LogP contribution in [0.3, 0.4) is 0 Å². The van der Waals surface area contributed by atoms with Gasteiger partial charge in [0.2, 0.25) is 5.67 Å². The smallest absolute Gasteiger partial charge is 0.343 e. The Balaban J connectivity index is -0.000000346. The van der Waals surface area contributed by atoms with Crippen LogP contribution in [0, 0.1) is 30.6 Å². The molecule has 0 bridgehead atoms. The second-order valence-corrected chi connectivity index (χ2v) is 32.2. The maximum Gasteiger partial charge on any atom is 0.343 e. The van der Waals surface area contributed by atoms with Gasteiger partial charge in [-0.05, 0) is 183 Å². The summed E-state index contributed by atoms with van der Waals surface area (Å²) in [6.45, 7) is 55.6. The topological polar surface area (TPSA) is 236 Å². The average Bonchev–Trinajstić information content (AvgIpc) is 0.785. The number of aliphatic hydroxyl groups excluding tert-OH is 1. The number of ether oxygens (including phenoxy) is 16. The molecule has 4 rings (SSSR count). The molecule has 21 nitrogen and oxygen atoms in total. The Morgan fingerprint density at radius 3 is 1.06 bits per heavy atom. The van der Waals surface area contributed by atoms with E-state index in [-0.39, 0.29) is 151 Å². The number of methoxy groups -OCH3 is 4. The number of hydrogen-bond acceptors (Lipinski definition) is 21. The minimum atomic E-state index is -1.98. The molecule has 0 spiro atoms. The van der Waals surface area contributed by atoms with E-state index in [1.807, 2.05) is 149 Å². The molecule has 1 N–H and O–H groups in total. The van der Waals surface area contributed by atoms with Crippen LogP contribution in [-0.4, -0.2) is 147 Å². The van der Waals surface area contributed by atoms with Gasteiger partial charge in [0.1, 0.15) is 75.9 Å². The average molecular weight is 1670 g/mol. The van der Waals surface area contributed by atoms with Crippen molar-refractivity contribution in [3.8, 4) is 23.0 Å². The molecule has 0 fully saturated rings. The van der Waals surface area contributed by atoms with Crippen LogP contribution in [0.5, 0.6) is 23.0 Å². The van der Waals surface area contributed by atoms with Gasteiger partial charge >= 0.3 is 23.9 Å². The Kier molecular flexibility index (Phi) is 62.3. The normalized spacial score (nSPS) is 12.9. The molecule has 22 heteroatoms. The van der Waals surface area contributed by atoms with Gasteiger partial charge in [-0.2, -0.15) is 0 Å². The Morgan fingerprint density at radius 1 is 0.419 bits per heavy atom. The molecule has 0 radical (unpaired) electrons. The molecule has 0 aliphatic rings. The second kappa shape index (κ2) is 60.1. The van der Waals surface area contributed by atoms with Crippen LogP contribution in [0.4, 0.5) is 4.39 Å². The van der Waals surface area contributed by atoms with E-state index in [2.05, 4.69) is 58.9 Å². The SMILES string of the molecule is C.C.C.C.C.C.CCC(C)(C)C(=O)OCCOc1c(COC)cc(C)cc1COC.CCC(C)(F)C(=O)OCCOc1c(COC(C)(C)C)cc(C)cc1COC(C)(C)C.CCC(C)C(=O)OCCOc1c(C(C)OC)cc(C(C)(C)C)cc1C(C)OC.CCOCc1cc(C(C)C)cc(COCC)c1OCCOC(=O)C(C)(CC)CO. The van der Waals surface area contributed by atoms with E-state index >= 15 is 0 Å². The zero-order valence-electron chi connectivity index (χ0n) is 73.8. The van der Waals surface area contributed by atoms with E-state index in [9.17, 15) is 28.7 Å². The van der Waals surface area contributed by atoms with Gasteiger partial charge in [0.25, 0.3) is 0 Å². The third-order valence-electron chi connectivity index (χ3n) is 18.6. The standard InChI is InChI=1S/C24H39FO5.C23H38O6.C23H38O5.C19H30O5.6CH4/c1-10-24(9,25)21(26)28-12-11-27-20-18(15-29-22(3,4)5)13-17(2)14-19(20)16-30-23(6,7)8;1-7-23(6,16-24)22(25)29-11-10-28-21-19(14-26-8-2)12-18(17(4)5)13-20(21)15-27-9-3;1-10-15(2)22(24)28-12-11-27-21-19(16(3)25-8)13-18(23(5,6)7)14-20(21)17(4)26-9;1-7-19(3,4)18(20)24-9-8-23-17-15(12-21-5)10-14(2)11-16(17)13-22-6;;;;;;/h13-14H,10-12,15-16H2,1-9H3;12-13,17,24H,7-11,14-16H2,1-6H3;13-17H,10-12H2,1-9H3;10-11H,7-9,12-13H2,1-6H3;6*1H4. The molecule has 0 heterocycles. The van der Waals surface area contributed by atoms with E-state index in [0.717, 1.165) is 85.7 Å². The minimum Gasteiger partial charge on any atom is -0.489 e. The zero-order valence-corrected chi connectivity index (χ0v) is 73.8. The van der Waals surface area contributed by atoms with E-state index in [4.69, 9.17) is 75.8 Å². The van der Waals surface area contributed by atoms with Gasteiger partial charge in [0, 0.05) is 86.2 Å². The van der Waals surface area contributed by atoms with Crippen molar-refractivity contribution in [3.05, 3.63) is 115 Å². The molecule has 682 valence electrons. The van der Waals surface area contributed by atoms with Crippen molar-refractivity contribution in [1.82, 2.24) is 0 Å². The molecular weight excluding hydrogens is 1500 g/mol. The Bertz CT molecular complexity index is 3250. The third-order valence-corrected chi connectivity index (χ3v) is 18.6. The number of alkyl halides is 1. The van der Waals surface area contributed by atoms with Crippen molar-refractivity contribution < 1.29 is 104 Å². The van der Waals surface area contributed by atoms with Crippen LogP contribution in [0.1, 0.15) is 321 Å². The lowest BCUT2D eigenvalue weighted by molar-refractivity contribution is -0.158. The Labute approximate surface area is 711 Å². The van der Waals surface area contributed by atoms with Gasteiger partial charge in [0.05, 0.1) is 86.4 Å². The summed E-state index contributed by atoms with van der Waals surface area (Å²) in [4.78, 5) is 47.9. The largest absolute Gasteiger partial charge is 0.489 e. The number of esters is 4. The summed E-state index contributed by atoms with van der Waals surface area (Å²) in [5, 5.41) is 9.44. The highest BCUT2D eigenvalue weighted by Crippen LogP contribution is 2.41. The number of aryl methyl sites for hydroxylation is 2. The van der Waals surface area contributed by atoms with Crippen molar-refractivity contribution in [2.75, 3.05) is 101 Å². The van der Waals surface area contributed by atoms with Crippen molar-refractivity contribution >= 4 is 23.9 Å². The number of rotatable bonds is 44. The lowest BCUT2D eigenvalue weighted by Crippen LogP contribution is -2.33. The van der Waals surface area contributed by atoms with Crippen LogP contribution in [-0.2, 0) is 121 Å². The number of hydrogen-bond donors (Lipinski definition) is 1. The maximum absolute atomic E-state index is 14.0. The number of halogens is 1. The van der Waals surface area contributed by atoms with Crippen LogP contribution < -0.4 is 18.9 Å². The number of carbonyl (C=O) groups excluding carboxylic acids is 4. The zero-order chi connectivity index (χ0) is 84.7. The monoisotopic (exact) mass is 1670 g/mol. The highest BCUT2D eigenvalue weighted by molar-refractivity contribution is 5.79. The summed E-state index contributed by atoms with van der Waals surface area (Å²) >= 11 is 0. The summed E-state index contributed by atoms with van der Waals surface area (Å²) in [5.74, 6) is 1.48. The molecule has 0 aromatic heterocycles. The highest BCUT2D eigenvalue weighted by Gasteiger charge is 2.34. The van der Waals surface area contributed by atoms with Gasteiger partial charge in [-0.1, -0.05) is 149 Å². The number of aliphatic hydroxyl groups is 1. The molecule has 117 heavy (non-hydrogen) atoms. The first-order chi connectivity index (χ1) is 51.9. The predicted molar refractivity (Wildman–Crippen MR) is 475 cm³/mol. The van der Waals surface area contributed by atoms with Crippen LogP contribution in [0.15, 0.2) is 48.5 Å². The van der Waals surface area contributed by atoms with Crippen molar-refractivity contribution in [1.29, 1.82) is 0 Å². The van der Waals surface area contributed by atoms with Gasteiger partial charge < -0.3 is 80.9 Å². The predicted octanol–water partition coefficient (Wildman–Crippen LogP) is 22.7. The lowest BCUT2D eigenvalue weighted by atomic mass is 9.83. The van der Waals surface area contributed by atoms with E-state index in [0.29, 0.717) is 77.6 Å². The molecule has 0 aliphatic carbocycles. The van der Waals surface area contributed by atoms with Gasteiger partial charge in [-0.25, -0.2) is 9.18 Å². The van der Waals surface area contributed by atoms with E-state index in [1.54, 1.807) is 42.3 Å².